The maximum absolute atomic E-state index is 13.0. The molecule has 3 N–H and O–H groups in total. The van der Waals surface area contributed by atoms with E-state index in [4.69, 9.17) is 21.8 Å². The van der Waals surface area contributed by atoms with Crippen LogP contribution in [0.2, 0.25) is 5.22 Å². The van der Waals surface area contributed by atoms with Crippen LogP contribution in [0.1, 0.15) is 17.4 Å². The third-order valence-corrected chi connectivity index (χ3v) is 2.41. The molecule has 0 saturated heterocycles. The number of hydrogen-bond acceptors (Lipinski definition) is 3. The van der Waals surface area contributed by atoms with Crippen molar-refractivity contribution < 1.29 is 13.9 Å². The average Bonchev–Trinajstić information content (AvgIpc) is 2.67. The average molecular weight is 242 g/mol. The Morgan fingerprint density at radius 2 is 2.06 bits per heavy atom. The van der Waals surface area contributed by atoms with Crippen molar-refractivity contribution in [2.75, 3.05) is 5.73 Å². The molecule has 84 valence electrons. The topological polar surface area (TPSA) is 59.4 Å². The molecule has 1 unspecified atom stereocenters. The summed E-state index contributed by atoms with van der Waals surface area (Å²) in [5, 5.41) is 10.1. The van der Waals surface area contributed by atoms with Crippen molar-refractivity contribution in [3.63, 3.8) is 0 Å². The molecule has 0 spiro atoms. The summed E-state index contributed by atoms with van der Waals surface area (Å²) in [6.07, 6.45) is -1.12. The van der Waals surface area contributed by atoms with Gasteiger partial charge in [0.25, 0.3) is 0 Å². The summed E-state index contributed by atoms with van der Waals surface area (Å²) in [6, 6.07) is 6.78. The minimum Gasteiger partial charge on any atom is -0.447 e. The Labute approximate surface area is 96.3 Å². The number of aliphatic hydroxyl groups excluding tert-OH is 1. The summed E-state index contributed by atoms with van der Waals surface area (Å²) < 4.78 is 18.0. The SMILES string of the molecule is Nc1ccc(F)cc1C(O)c1ccc(Cl)o1. The molecule has 2 rings (SSSR count). The van der Waals surface area contributed by atoms with E-state index in [-0.39, 0.29) is 16.5 Å². The number of aliphatic hydroxyl groups is 1. The van der Waals surface area contributed by atoms with Gasteiger partial charge in [-0.3, -0.25) is 0 Å². The van der Waals surface area contributed by atoms with Crippen LogP contribution in [0, 0.1) is 5.82 Å². The zero-order valence-corrected chi connectivity index (χ0v) is 8.91. The van der Waals surface area contributed by atoms with E-state index in [1.54, 1.807) is 0 Å². The van der Waals surface area contributed by atoms with E-state index in [9.17, 15) is 9.50 Å². The first-order valence-electron chi connectivity index (χ1n) is 4.56. The molecule has 1 heterocycles. The molecule has 1 aromatic heterocycles. The van der Waals surface area contributed by atoms with Crippen LogP contribution in [0.15, 0.2) is 34.7 Å². The van der Waals surface area contributed by atoms with Gasteiger partial charge in [0, 0.05) is 11.3 Å². The Balaban J connectivity index is 2.40. The number of hydrogen-bond donors (Lipinski definition) is 2. The highest BCUT2D eigenvalue weighted by atomic mass is 35.5. The molecule has 0 aliphatic heterocycles. The predicted molar refractivity (Wildman–Crippen MR) is 58.6 cm³/mol. The first-order chi connectivity index (χ1) is 7.58. The van der Waals surface area contributed by atoms with Gasteiger partial charge in [0.05, 0.1) is 0 Å². The summed E-state index contributed by atoms with van der Waals surface area (Å²) in [5.41, 5.74) is 6.18. The van der Waals surface area contributed by atoms with Crippen molar-refractivity contribution in [2.24, 2.45) is 0 Å². The summed E-state index contributed by atoms with van der Waals surface area (Å²) in [6.45, 7) is 0. The molecule has 5 heteroatoms. The molecule has 0 radical (unpaired) electrons. The fourth-order valence-corrected chi connectivity index (χ4v) is 1.56. The molecule has 0 aliphatic carbocycles. The number of nitrogen functional groups attached to an aromatic ring is 1. The molecule has 16 heavy (non-hydrogen) atoms. The lowest BCUT2D eigenvalue weighted by atomic mass is 10.1. The van der Waals surface area contributed by atoms with Crippen LogP contribution in [0.3, 0.4) is 0 Å². The van der Waals surface area contributed by atoms with Gasteiger partial charge in [-0.05, 0) is 41.9 Å². The number of anilines is 1. The van der Waals surface area contributed by atoms with E-state index >= 15 is 0 Å². The lowest BCUT2D eigenvalue weighted by Gasteiger charge is -2.10. The van der Waals surface area contributed by atoms with Gasteiger partial charge in [-0.15, -0.1) is 0 Å². The van der Waals surface area contributed by atoms with Crippen molar-refractivity contribution in [1.82, 2.24) is 0 Å². The fourth-order valence-electron chi connectivity index (χ4n) is 1.41. The van der Waals surface area contributed by atoms with E-state index in [0.29, 0.717) is 5.69 Å². The third kappa shape index (κ3) is 2.03. The second-order valence-electron chi connectivity index (χ2n) is 3.32. The molecule has 0 bridgehead atoms. The quantitative estimate of drug-likeness (QED) is 0.795. The second kappa shape index (κ2) is 4.15. The summed E-state index contributed by atoms with van der Waals surface area (Å²) >= 11 is 5.58. The van der Waals surface area contributed by atoms with Crippen LogP contribution in [0.5, 0.6) is 0 Å². The summed E-state index contributed by atoms with van der Waals surface area (Å²) in [7, 11) is 0. The molecule has 2 aromatic rings. The van der Waals surface area contributed by atoms with Gasteiger partial charge < -0.3 is 15.3 Å². The number of benzene rings is 1. The Morgan fingerprint density at radius 1 is 1.31 bits per heavy atom. The number of rotatable bonds is 2. The van der Waals surface area contributed by atoms with Gasteiger partial charge in [-0.2, -0.15) is 0 Å². The standard InChI is InChI=1S/C11H9ClFNO2/c12-10-4-3-9(16-10)11(15)7-5-6(13)1-2-8(7)14/h1-5,11,15H,14H2. The zero-order valence-electron chi connectivity index (χ0n) is 8.15. The largest absolute Gasteiger partial charge is 0.447 e. The minimum atomic E-state index is -1.12. The van der Waals surface area contributed by atoms with E-state index in [0.717, 1.165) is 6.07 Å². The highest BCUT2D eigenvalue weighted by Gasteiger charge is 2.17. The maximum Gasteiger partial charge on any atom is 0.193 e. The van der Waals surface area contributed by atoms with E-state index in [1.807, 2.05) is 0 Å². The van der Waals surface area contributed by atoms with Crippen molar-refractivity contribution in [2.45, 2.75) is 6.10 Å². The third-order valence-electron chi connectivity index (χ3n) is 2.21. The van der Waals surface area contributed by atoms with Gasteiger partial charge in [0.2, 0.25) is 0 Å². The lowest BCUT2D eigenvalue weighted by molar-refractivity contribution is 0.190. The highest BCUT2D eigenvalue weighted by Crippen LogP contribution is 2.29. The van der Waals surface area contributed by atoms with Crippen molar-refractivity contribution in [1.29, 1.82) is 0 Å². The van der Waals surface area contributed by atoms with Crippen LogP contribution in [0.25, 0.3) is 0 Å². The van der Waals surface area contributed by atoms with Gasteiger partial charge in [-0.1, -0.05) is 0 Å². The fraction of sp³-hybridized carbons (Fsp3) is 0.0909. The normalized spacial score (nSPS) is 12.7. The van der Waals surface area contributed by atoms with E-state index in [2.05, 4.69) is 0 Å². The smallest absolute Gasteiger partial charge is 0.193 e. The molecular formula is C11H9ClFNO2. The number of nitrogens with two attached hydrogens (primary N) is 1. The monoisotopic (exact) mass is 241 g/mol. The first-order valence-corrected chi connectivity index (χ1v) is 4.94. The van der Waals surface area contributed by atoms with Gasteiger partial charge in [0.1, 0.15) is 17.7 Å². The Bertz CT molecular complexity index is 512. The molecule has 0 saturated carbocycles. The van der Waals surface area contributed by atoms with Crippen LogP contribution in [-0.2, 0) is 0 Å². The van der Waals surface area contributed by atoms with Gasteiger partial charge in [-0.25, -0.2) is 4.39 Å². The Kier molecular flexibility index (Phi) is 2.85. The molecule has 1 aromatic carbocycles. The minimum absolute atomic E-state index is 0.157. The summed E-state index contributed by atoms with van der Waals surface area (Å²) in [4.78, 5) is 0. The molecule has 0 aliphatic rings. The molecule has 3 nitrogen and oxygen atoms in total. The Morgan fingerprint density at radius 3 is 2.69 bits per heavy atom. The zero-order chi connectivity index (χ0) is 11.7. The van der Waals surface area contributed by atoms with Gasteiger partial charge >= 0.3 is 0 Å². The second-order valence-corrected chi connectivity index (χ2v) is 3.69. The molecule has 0 amide bonds. The number of furan rings is 1. The van der Waals surface area contributed by atoms with E-state index < -0.39 is 11.9 Å². The van der Waals surface area contributed by atoms with Crippen LogP contribution in [0.4, 0.5) is 10.1 Å². The predicted octanol–water partition coefficient (Wildman–Crippen LogP) is 2.74. The first kappa shape index (κ1) is 11.0. The highest BCUT2D eigenvalue weighted by molar-refractivity contribution is 6.28. The maximum atomic E-state index is 13.0. The molecule has 1 atom stereocenters. The summed E-state index contributed by atoms with van der Waals surface area (Å²) in [5.74, 6) is -0.247. The van der Waals surface area contributed by atoms with Crippen LogP contribution >= 0.6 is 11.6 Å². The lowest BCUT2D eigenvalue weighted by Crippen LogP contribution is -2.03. The number of halogens is 2. The Hall–Kier alpha value is -1.52. The van der Waals surface area contributed by atoms with E-state index in [1.165, 1.54) is 24.3 Å². The molecule has 0 fully saturated rings. The van der Waals surface area contributed by atoms with Crippen molar-refractivity contribution in [3.8, 4) is 0 Å². The van der Waals surface area contributed by atoms with Crippen LogP contribution < -0.4 is 5.73 Å². The van der Waals surface area contributed by atoms with Gasteiger partial charge in [0.15, 0.2) is 5.22 Å². The van der Waals surface area contributed by atoms with Crippen molar-refractivity contribution in [3.05, 3.63) is 52.7 Å². The molecular weight excluding hydrogens is 233 g/mol. The van der Waals surface area contributed by atoms with Crippen molar-refractivity contribution >= 4 is 17.3 Å². The van der Waals surface area contributed by atoms with Crippen LogP contribution in [-0.4, -0.2) is 5.11 Å².